The molecule has 0 aromatic heterocycles. The SMILES string of the molecule is O=C(CN1CCN(Cc2ccc(Cl)cc2)CC1)Nc1ccccc1F. The van der Waals surface area contributed by atoms with Gasteiger partial charge >= 0.3 is 0 Å². The van der Waals surface area contributed by atoms with Crippen LogP contribution in [-0.2, 0) is 11.3 Å². The summed E-state index contributed by atoms with van der Waals surface area (Å²) in [6.45, 7) is 4.59. The van der Waals surface area contributed by atoms with Gasteiger partial charge in [0.15, 0.2) is 0 Å². The summed E-state index contributed by atoms with van der Waals surface area (Å²) in [4.78, 5) is 16.5. The van der Waals surface area contributed by atoms with Crippen LogP contribution in [0.25, 0.3) is 0 Å². The van der Waals surface area contributed by atoms with E-state index >= 15 is 0 Å². The Hall–Kier alpha value is -1.95. The third kappa shape index (κ3) is 5.26. The van der Waals surface area contributed by atoms with Crippen molar-refractivity contribution in [1.82, 2.24) is 9.80 Å². The molecule has 6 heteroatoms. The van der Waals surface area contributed by atoms with E-state index in [1.165, 1.54) is 11.6 Å². The molecule has 1 heterocycles. The highest BCUT2D eigenvalue weighted by molar-refractivity contribution is 6.30. The van der Waals surface area contributed by atoms with Crippen molar-refractivity contribution in [2.45, 2.75) is 6.54 Å². The molecule has 1 N–H and O–H groups in total. The second-order valence-electron chi connectivity index (χ2n) is 6.21. The van der Waals surface area contributed by atoms with Crippen LogP contribution in [0.5, 0.6) is 0 Å². The largest absolute Gasteiger partial charge is 0.322 e. The van der Waals surface area contributed by atoms with E-state index in [1.54, 1.807) is 18.2 Å². The Bertz CT molecular complexity index is 715. The zero-order valence-electron chi connectivity index (χ0n) is 13.9. The van der Waals surface area contributed by atoms with E-state index in [-0.39, 0.29) is 18.1 Å². The van der Waals surface area contributed by atoms with E-state index in [1.807, 2.05) is 24.3 Å². The van der Waals surface area contributed by atoms with Gasteiger partial charge in [-0.3, -0.25) is 14.6 Å². The van der Waals surface area contributed by atoms with Crippen LogP contribution in [0.2, 0.25) is 5.02 Å². The molecule has 0 spiro atoms. The van der Waals surface area contributed by atoms with Gasteiger partial charge in [-0.05, 0) is 29.8 Å². The molecule has 2 aromatic carbocycles. The van der Waals surface area contributed by atoms with E-state index in [9.17, 15) is 9.18 Å². The van der Waals surface area contributed by atoms with Crippen LogP contribution in [0.1, 0.15) is 5.56 Å². The summed E-state index contributed by atoms with van der Waals surface area (Å²) in [5.74, 6) is -0.597. The van der Waals surface area contributed by atoms with Gasteiger partial charge in [0, 0.05) is 37.7 Å². The Kier molecular flexibility index (Phi) is 6.02. The first-order valence-electron chi connectivity index (χ1n) is 8.34. The molecule has 0 saturated carbocycles. The molecule has 0 atom stereocenters. The van der Waals surface area contributed by atoms with Crippen molar-refractivity contribution in [2.24, 2.45) is 0 Å². The number of hydrogen-bond acceptors (Lipinski definition) is 3. The number of carbonyl (C=O) groups excluding carboxylic acids is 1. The number of amides is 1. The number of nitrogens with zero attached hydrogens (tertiary/aromatic N) is 2. The number of halogens is 2. The lowest BCUT2D eigenvalue weighted by Crippen LogP contribution is -2.48. The summed E-state index contributed by atoms with van der Waals surface area (Å²) >= 11 is 5.91. The summed E-state index contributed by atoms with van der Waals surface area (Å²) in [5.41, 5.74) is 1.46. The fourth-order valence-electron chi connectivity index (χ4n) is 2.91. The lowest BCUT2D eigenvalue weighted by molar-refractivity contribution is -0.117. The molecule has 3 rings (SSSR count). The molecule has 4 nitrogen and oxygen atoms in total. The van der Waals surface area contributed by atoms with Crippen LogP contribution in [0.15, 0.2) is 48.5 Å². The highest BCUT2D eigenvalue weighted by Gasteiger charge is 2.19. The first-order valence-corrected chi connectivity index (χ1v) is 8.71. The van der Waals surface area contributed by atoms with Crippen LogP contribution in [0, 0.1) is 5.82 Å². The van der Waals surface area contributed by atoms with Gasteiger partial charge in [0.25, 0.3) is 0 Å². The number of piperazine rings is 1. The van der Waals surface area contributed by atoms with Gasteiger partial charge in [0.05, 0.1) is 12.2 Å². The van der Waals surface area contributed by atoms with Crippen molar-refractivity contribution in [3.8, 4) is 0 Å². The van der Waals surface area contributed by atoms with Crippen molar-refractivity contribution in [2.75, 3.05) is 38.0 Å². The van der Waals surface area contributed by atoms with Gasteiger partial charge in [-0.15, -0.1) is 0 Å². The van der Waals surface area contributed by atoms with Crippen molar-refractivity contribution >= 4 is 23.2 Å². The van der Waals surface area contributed by atoms with Crippen LogP contribution in [0.3, 0.4) is 0 Å². The maximum absolute atomic E-state index is 13.6. The first kappa shape index (κ1) is 17.9. The molecule has 1 amide bonds. The number of hydrogen-bond donors (Lipinski definition) is 1. The zero-order chi connectivity index (χ0) is 17.6. The molecule has 132 valence electrons. The number of nitrogens with one attached hydrogen (secondary N) is 1. The molecule has 1 aliphatic heterocycles. The number of carbonyl (C=O) groups is 1. The number of anilines is 1. The van der Waals surface area contributed by atoms with Crippen molar-refractivity contribution in [1.29, 1.82) is 0 Å². The molecule has 1 saturated heterocycles. The highest BCUT2D eigenvalue weighted by Crippen LogP contribution is 2.14. The fraction of sp³-hybridized carbons (Fsp3) is 0.316. The monoisotopic (exact) mass is 361 g/mol. The molecule has 0 aliphatic carbocycles. The average molecular weight is 362 g/mol. The molecular formula is C19H21ClFN3O. The predicted molar refractivity (Wildman–Crippen MR) is 98.2 cm³/mol. The van der Waals surface area contributed by atoms with E-state index in [2.05, 4.69) is 15.1 Å². The van der Waals surface area contributed by atoms with E-state index in [0.29, 0.717) is 0 Å². The van der Waals surface area contributed by atoms with E-state index < -0.39 is 5.82 Å². The first-order chi connectivity index (χ1) is 12.1. The van der Waals surface area contributed by atoms with E-state index in [4.69, 9.17) is 11.6 Å². The Labute approximate surface area is 152 Å². The lowest BCUT2D eigenvalue weighted by Gasteiger charge is -2.34. The van der Waals surface area contributed by atoms with Crippen LogP contribution < -0.4 is 5.32 Å². The van der Waals surface area contributed by atoms with Crippen LogP contribution in [0.4, 0.5) is 10.1 Å². The summed E-state index contributed by atoms with van der Waals surface area (Å²) in [7, 11) is 0. The van der Waals surface area contributed by atoms with Gasteiger partial charge in [0.2, 0.25) is 5.91 Å². The highest BCUT2D eigenvalue weighted by atomic mass is 35.5. The van der Waals surface area contributed by atoms with Crippen molar-refractivity contribution < 1.29 is 9.18 Å². The minimum absolute atomic E-state index is 0.184. The molecule has 25 heavy (non-hydrogen) atoms. The topological polar surface area (TPSA) is 35.6 Å². The standard InChI is InChI=1S/C19H21ClFN3O/c20-16-7-5-15(6-8-16)13-23-9-11-24(12-10-23)14-19(25)22-18-4-2-1-3-17(18)21/h1-8H,9-14H2,(H,22,25). The molecule has 1 fully saturated rings. The number of para-hydroxylation sites is 1. The van der Waals surface area contributed by atoms with E-state index in [0.717, 1.165) is 37.7 Å². The van der Waals surface area contributed by atoms with Crippen molar-refractivity contribution in [3.63, 3.8) is 0 Å². The minimum atomic E-state index is -0.413. The van der Waals surface area contributed by atoms with Gasteiger partial charge in [-0.1, -0.05) is 35.9 Å². The van der Waals surface area contributed by atoms with Crippen molar-refractivity contribution in [3.05, 3.63) is 64.9 Å². The number of rotatable bonds is 5. The summed E-state index contributed by atoms with van der Waals surface area (Å²) in [6, 6.07) is 14.1. The Balaban J connectivity index is 1.43. The molecule has 0 unspecified atom stereocenters. The molecule has 0 bridgehead atoms. The third-order valence-corrected chi connectivity index (χ3v) is 4.55. The maximum atomic E-state index is 13.6. The van der Waals surface area contributed by atoms with Gasteiger partial charge in [0.1, 0.15) is 5.82 Å². The quantitative estimate of drug-likeness (QED) is 0.888. The molecule has 2 aromatic rings. The Morgan fingerprint density at radius 3 is 2.32 bits per heavy atom. The third-order valence-electron chi connectivity index (χ3n) is 4.30. The molecule has 0 radical (unpaired) electrons. The van der Waals surface area contributed by atoms with Gasteiger partial charge in [-0.25, -0.2) is 4.39 Å². The fourth-order valence-corrected chi connectivity index (χ4v) is 3.03. The second kappa shape index (κ2) is 8.43. The Morgan fingerprint density at radius 2 is 1.64 bits per heavy atom. The lowest BCUT2D eigenvalue weighted by atomic mass is 10.2. The smallest absolute Gasteiger partial charge is 0.238 e. The maximum Gasteiger partial charge on any atom is 0.238 e. The Morgan fingerprint density at radius 1 is 1.00 bits per heavy atom. The summed E-state index contributed by atoms with van der Waals surface area (Å²) in [5, 5.41) is 3.38. The predicted octanol–water partition coefficient (Wildman–Crippen LogP) is 3.24. The summed E-state index contributed by atoms with van der Waals surface area (Å²) in [6.07, 6.45) is 0. The van der Waals surface area contributed by atoms with Gasteiger partial charge in [-0.2, -0.15) is 0 Å². The molecular weight excluding hydrogens is 341 g/mol. The van der Waals surface area contributed by atoms with Crippen LogP contribution >= 0.6 is 11.6 Å². The van der Waals surface area contributed by atoms with Crippen LogP contribution in [-0.4, -0.2) is 48.4 Å². The minimum Gasteiger partial charge on any atom is -0.322 e. The van der Waals surface area contributed by atoms with Gasteiger partial charge < -0.3 is 5.32 Å². The second-order valence-corrected chi connectivity index (χ2v) is 6.64. The summed E-state index contributed by atoms with van der Waals surface area (Å²) < 4.78 is 13.6. The normalized spacial score (nSPS) is 15.9. The molecule has 1 aliphatic rings. The number of benzene rings is 2. The zero-order valence-corrected chi connectivity index (χ0v) is 14.7. The average Bonchev–Trinajstić information content (AvgIpc) is 2.61.